The molecule has 0 saturated carbocycles. The molecular formula is C11H8F2N2O5S. The Labute approximate surface area is 117 Å². The molecule has 1 N–H and O–H groups in total. The number of benzene rings is 1. The van der Waals surface area contributed by atoms with Crippen LogP contribution in [0.15, 0.2) is 21.6 Å². The molecule has 1 heterocycles. The van der Waals surface area contributed by atoms with Crippen molar-refractivity contribution in [3.63, 3.8) is 0 Å². The van der Waals surface area contributed by atoms with Crippen LogP contribution >= 0.6 is 0 Å². The van der Waals surface area contributed by atoms with Gasteiger partial charge in [-0.1, -0.05) is 5.16 Å². The maximum absolute atomic E-state index is 13.9. The highest BCUT2D eigenvalue weighted by Gasteiger charge is 2.28. The maximum atomic E-state index is 13.9. The van der Waals surface area contributed by atoms with E-state index in [1.54, 1.807) is 0 Å². The topological polar surface area (TPSA) is 110 Å². The van der Waals surface area contributed by atoms with Gasteiger partial charge in [-0.3, -0.25) is 0 Å². The maximum Gasteiger partial charge on any atom is 0.341 e. The smallest absolute Gasteiger partial charge is 0.341 e. The highest BCUT2D eigenvalue weighted by Crippen LogP contribution is 2.24. The fourth-order valence-corrected chi connectivity index (χ4v) is 2.86. The number of carbonyl (C=O) groups is 1. The molecule has 0 aliphatic heterocycles. The summed E-state index contributed by atoms with van der Waals surface area (Å²) in [6.07, 6.45) is 0. The van der Waals surface area contributed by atoms with Crippen molar-refractivity contribution in [1.82, 2.24) is 10.1 Å². The number of nitrogens with zero attached hydrogens (tertiary/aromatic N) is 2. The van der Waals surface area contributed by atoms with E-state index in [9.17, 15) is 22.0 Å². The highest BCUT2D eigenvalue weighted by molar-refractivity contribution is 7.90. The van der Waals surface area contributed by atoms with Crippen molar-refractivity contribution in [2.75, 3.05) is 0 Å². The molecule has 0 saturated heterocycles. The van der Waals surface area contributed by atoms with E-state index >= 15 is 0 Å². The molecule has 1 aromatic heterocycles. The monoisotopic (exact) mass is 318 g/mol. The average molecular weight is 318 g/mol. The Morgan fingerprint density at radius 1 is 1.38 bits per heavy atom. The van der Waals surface area contributed by atoms with E-state index in [0.717, 1.165) is 0 Å². The summed E-state index contributed by atoms with van der Waals surface area (Å²) in [6.45, 7) is 1.46. The lowest BCUT2D eigenvalue weighted by molar-refractivity contribution is 0.0685. The molecule has 0 aliphatic rings. The number of hydrogen-bond donors (Lipinski definition) is 1. The Bertz CT molecular complexity index is 816. The van der Waals surface area contributed by atoms with Gasteiger partial charge in [0, 0.05) is 0 Å². The molecule has 2 aromatic rings. The molecule has 0 bridgehead atoms. The van der Waals surface area contributed by atoms with E-state index in [1.165, 1.54) is 6.92 Å². The molecular weight excluding hydrogens is 310 g/mol. The first-order valence-corrected chi connectivity index (χ1v) is 7.11. The molecule has 0 aliphatic carbocycles. The number of carboxylic acid groups (broad SMARTS) is 1. The van der Waals surface area contributed by atoms with Crippen LogP contribution in [0.1, 0.15) is 22.1 Å². The quantitative estimate of drug-likeness (QED) is 0.846. The van der Waals surface area contributed by atoms with Crippen LogP contribution in [0.5, 0.6) is 0 Å². The van der Waals surface area contributed by atoms with E-state index in [0.29, 0.717) is 12.1 Å². The van der Waals surface area contributed by atoms with E-state index in [-0.39, 0.29) is 11.7 Å². The molecule has 2 rings (SSSR count). The molecule has 1 aromatic carbocycles. The standard InChI is InChI=1S/C11H8F2N2O5S/c1-5-14-8(20-15-5)4-21(18,19)7-3-2-6(12)9(10(7)13)11(16)17/h2-3H,4H2,1H3,(H,16,17). The number of hydrogen-bond acceptors (Lipinski definition) is 6. The van der Waals surface area contributed by atoms with Gasteiger partial charge in [-0.25, -0.2) is 22.0 Å². The summed E-state index contributed by atoms with van der Waals surface area (Å²) in [4.78, 5) is 13.5. The van der Waals surface area contributed by atoms with Crippen molar-refractivity contribution in [3.05, 3.63) is 41.0 Å². The van der Waals surface area contributed by atoms with Gasteiger partial charge in [0.1, 0.15) is 22.0 Å². The minimum Gasteiger partial charge on any atom is -0.477 e. The van der Waals surface area contributed by atoms with E-state index in [4.69, 9.17) is 5.11 Å². The van der Waals surface area contributed by atoms with Gasteiger partial charge >= 0.3 is 5.97 Å². The lowest BCUT2D eigenvalue weighted by atomic mass is 10.2. The number of aromatic nitrogens is 2. The Balaban J connectivity index is 2.50. The lowest BCUT2D eigenvalue weighted by Gasteiger charge is -2.06. The summed E-state index contributed by atoms with van der Waals surface area (Å²) in [5.41, 5.74) is -1.34. The van der Waals surface area contributed by atoms with Crippen LogP contribution in [0.25, 0.3) is 0 Å². The Kier molecular flexibility index (Phi) is 3.73. The van der Waals surface area contributed by atoms with Crippen LogP contribution in [0.4, 0.5) is 8.78 Å². The Morgan fingerprint density at radius 3 is 2.57 bits per heavy atom. The molecule has 7 nitrogen and oxygen atoms in total. The van der Waals surface area contributed by atoms with Gasteiger partial charge in [-0.05, 0) is 19.1 Å². The molecule has 0 radical (unpaired) electrons. The second-order valence-electron chi connectivity index (χ2n) is 4.03. The number of carboxylic acids is 1. The van der Waals surface area contributed by atoms with Crippen LogP contribution in [0, 0.1) is 18.6 Å². The second-order valence-corrected chi connectivity index (χ2v) is 5.99. The first-order chi connectivity index (χ1) is 9.72. The number of sulfone groups is 1. The average Bonchev–Trinajstić information content (AvgIpc) is 2.72. The van der Waals surface area contributed by atoms with Crippen molar-refractivity contribution in [2.45, 2.75) is 17.6 Å². The van der Waals surface area contributed by atoms with Gasteiger partial charge in [0.2, 0.25) is 5.89 Å². The predicted octanol–water partition coefficient (Wildman–Crippen LogP) is 1.33. The fourth-order valence-electron chi connectivity index (χ4n) is 1.61. The van der Waals surface area contributed by atoms with Gasteiger partial charge in [0.15, 0.2) is 21.5 Å². The highest BCUT2D eigenvalue weighted by atomic mass is 32.2. The SMILES string of the molecule is Cc1noc(CS(=O)(=O)c2ccc(F)c(C(=O)O)c2F)n1. The zero-order valence-electron chi connectivity index (χ0n) is 10.5. The summed E-state index contributed by atoms with van der Waals surface area (Å²) in [7, 11) is -4.30. The van der Waals surface area contributed by atoms with E-state index in [2.05, 4.69) is 14.7 Å². The normalized spacial score (nSPS) is 11.6. The van der Waals surface area contributed by atoms with E-state index in [1.807, 2.05) is 0 Å². The summed E-state index contributed by atoms with van der Waals surface area (Å²) in [5, 5.41) is 12.1. The fraction of sp³-hybridized carbons (Fsp3) is 0.182. The van der Waals surface area contributed by atoms with Crippen molar-refractivity contribution in [1.29, 1.82) is 0 Å². The molecule has 10 heteroatoms. The summed E-state index contributed by atoms with van der Waals surface area (Å²) >= 11 is 0. The number of rotatable bonds is 4. The molecule has 112 valence electrons. The number of aryl methyl sites for hydroxylation is 1. The Morgan fingerprint density at radius 2 is 2.05 bits per heavy atom. The van der Waals surface area contributed by atoms with Gasteiger partial charge < -0.3 is 9.63 Å². The Hall–Kier alpha value is -2.36. The third-order valence-corrected chi connectivity index (χ3v) is 4.10. The predicted molar refractivity (Wildman–Crippen MR) is 63.2 cm³/mol. The van der Waals surface area contributed by atoms with Gasteiger partial charge in [-0.2, -0.15) is 4.98 Å². The molecule has 21 heavy (non-hydrogen) atoms. The number of aromatic carboxylic acids is 1. The lowest BCUT2D eigenvalue weighted by Crippen LogP contribution is -2.13. The van der Waals surface area contributed by atoms with Crippen LogP contribution in [0.3, 0.4) is 0 Å². The third-order valence-electron chi connectivity index (χ3n) is 2.49. The molecule has 0 spiro atoms. The van der Waals surface area contributed by atoms with Crippen molar-refractivity contribution in [3.8, 4) is 0 Å². The summed E-state index contributed by atoms with van der Waals surface area (Å²) in [5.74, 6) is -5.86. The van der Waals surface area contributed by atoms with Crippen LogP contribution in [-0.4, -0.2) is 29.6 Å². The van der Waals surface area contributed by atoms with Gasteiger partial charge in [0.05, 0.1) is 0 Å². The van der Waals surface area contributed by atoms with Crippen molar-refractivity contribution >= 4 is 15.8 Å². The molecule has 0 unspecified atom stereocenters. The van der Waals surface area contributed by atoms with Crippen LogP contribution in [-0.2, 0) is 15.6 Å². The molecule has 0 fully saturated rings. The number of halogens is 2. The first-order valence-electron chi connectivity index (χ1n) is 5.45. The third kappa shape index (κ3) is 2.89. The van der Waals surface area contributed by atoms with Crippen LogP contribution < -0.4 is 0 Å². The zero-order chi connectivity index (χ0) is 15.8. The van der Waals surface area contributed by atoms with Crippen LogP contribution in [0.2, 0.25) is 0 Å². The van der Waals surface area contributed by atoms with Crippen molar-refractivity contribution < 1.29 is 31.6 Å². The van der Waals surface area contributed by atoms with Gasteiger partial charge in [0.25, 0.3) is 0 Å². The first kappa shape index (κ1) is 15.0. The summed E-state index contributed by atoms with van der Waals surface area (Å²) < 4.78 is 55.8. The van der Waals surface area contributed by atoms with Gasteiger partial charge in [-0.15, -0.1) is 0 Å². The molecule has 0 atom stereocenters. The largest absolute Gasteiger partial charge is 0.477 e. The van der Waals surface area contributed by atoms with Crippen molar-refractivity contribution in [2.24, 2.45) is 0 Å². The molecule has 0 amide bonds. The zero-order valence-corrected chi connectivity index (χ0v) is 11.3. The minimum absolute atomic E-state index is 0.186. The summed E-state index contributed by atoms with van der Waals surface area (Å²) in [6, 6.07) is 1.22. The minimum atomic E-state index is -4.30. The second kappa shape index (κ2) is 5.20. The van der Waals surface area contributed by atoms with E-state index < -0.39 is 43.7 Å².